The van der Waals surface area contributed by atoms with Gasteiger partial charge < -0.3 is 15.7 Å². The molecule has 0 bridgehead atoms. The van der Waals surface area contributed by atoms with Crippen LogP contribution in [0.5, 0.6) is 0 Å². The van der Waals surface area contributed by atoms with E-state index in [4.69, 9.17) is 5.11 Å². The van der Waals surface area contributed by atoms with Crippen LogP contribution in [0.1, 0.15) is 38.7 Å². The highest BCUT2D eigenvalue weighted by molar-refractivity contribution is 5.92. The van der Waals surface area contributed by atoms with Crippen molar-refractivity contribution in [3.8, 4) is 0 Å². The number of carboxylic acids is 1. The maximum absolute atomic E-state index is 11.8. The minimum Gasteiger partial charge on any atom is -0.480 e. The predicted octanol–water partition coefficient (Wildman–Crippen LogP) is 2.79. The molecule has 104 valence electrons. The number of carbonyl (C=O) groups is 2. The summed E-state index contributed by atoms with van der Waals surface area (Å²) in [7, 11) is 0. The number of hydrogen-bond acceptors (Lipinski definition) is 2. The van der Waals surface area contributed by atoms with E-state index in [1.807, 2.05) is 32.0 Å². The Morgan fingerprint density at radius 1 is 1.26 bits per heavy atom. The van der Waals surface area contributed by atoms with Gasteiger partial charge in [-0.2, -0.15) is 0 Å². The number of anilines is 1. The molecule has 1 rings (SSSR count). The molecule has 1 aromatic rings. The van der Waals surface area contributed by atoms with Crippen molar-refractivity contribution in [2.75, 3.05) is 5.32 Å². The van der Waals surface area contributed by atoms with Gasteiger partial charge in [-0.25, -0.2) is 9.59 Å². The van der Waals surface area contributed by atoms with Crippen molar-refractivity contribution in [1.29, 1.82) is 0 Å². The molecule has 0 aromatic heterocycles. The lowest BCUT2D eigenvalue weighted by Gasteiger charge is -2.16. The van der Waals surface area contributed by atoms with Gasteiger partial charge in [0, 0.05) is 5.69 Å². The Morgan fingerprint density at radius 2 is 1.89 bits per heavy atom. The molecule has 0 radical (unpaired) electrons. The van der Waals surface area contributed by atoms with Crippen molar-refractivity contribution in [3.63, 3.8) is 0 Å². The Kier molecular flexibility index (Phi) is 5.36. The number of carbonyl (C=O) groups excluding carboxylic acids is 1. The zero-order valence-corrected chi connectivity index (χ0v) is 11.4. The van der Waals surface area contributed by atoms with Gasteiger partial charge in [-0.3, -0.25) is 0 Å². The normalized spacial score (nSPS) is 12.0. The Balaban J connectivity index is 2.74. The Bertz CT molecular complexity index is 458. The standard InChI is InChI=1S/C14H20N2O3/c1-4-11(13(17)18)15-14(19)16-12-8-6-5-7-10(12)9(2)3/h5-9,11H,4H2,1-3H3,(H,17,18)(H2,15,16,19)/t11-/m1/s1. The number of para-hydroxylation sites is 1. The lowest BCUT2D eigenvalue weighted by Crippen LogP contribution is -2.42. The first kappa shape index (κ1) is 15.0. The third kappa shape index (κ3) is 4.28. The summed E-state index contributed by atoms with van der Waals surface area (Å²) in [5.41, 5.74) is 1.72. The molecule has 0 fully saturated rings. The molecule has 0 saturated heterocycles. The number of carboxylic acid groups (broad SMARTS) is 1. The van der Waals surface area contributed by atoms with Gasteiger partial charge in [0.2, 0.25) is 0 Å². The van der Waals surface area contributed by atoms with Crippen molar-refractivity contribution in [2.45, 2.75) is 39.2 Å². The fourth-order valence-electron chi connectivity index (χ4n) is 1.77. The van der Waals surface area contributed by atoms with Crippen molar-refractivity contribution >= 4 is 17.7 Å². The van der Waals surface area contributed by atoms with E-state index < -0.39 is 18.0 Å². The van der Waals surface area contributed by atoms with Gasteiger partial charge in [-0.15, -0.1) is 0 Å². The topological polar surface area (TPSA) is 78.4 Å². The van der Waals surface area contributed by atoms with Crippen LogP contribution in [0.25, 0.3) is 0 Å². The predicted molar refractivity (Wildman–Crippen MR) is 74.4 cm³/mol. The first-order chi connectivity index (χ1) is 8.95. The average molecular weight is 264 g/mol. The van der Waals surface area contributed by atoms with E-state index in [9.17, 15) is 9.59 Å². The second-order valence-electron chi connectivity index (χ2n) is 4.64. The van der Waals surface area contributed by atoms with Crippen LogP contribution in [-0.4, -0.2) is 23.1 Å². The molecule has 1 aromatic carbocycles. The molecule has 0 aliphatic heterocycles. The molecule has 0 saturated carbocycles. The molecule has 0 heterocycles. The van der Waals surface area contributed by atoms with Gasteiger partial charge in [-0.1, -0.05) is 39.0 Å². The highest BCUT2D eigenvalue weighted by Gasteiger charge is 2.18. The largest absolute Gasteiger partial charge is 0.480 e. The van der Waals surface area contributed by atoms with Crippen LogP contribution in [0, 0.1) is 0 Å². The minimum absolute atomic E-state index is 0.276. The second kappa shape index (κ2) is 6.78. The molecule has 0 aliphatic rings. The third-order valence-corrected chi connectivity index (χ3v) is 2.84. The quantitative estimate of drug-likeness (QED) is 0.765. The fraction of sp³-hybridized carbons (Fsp3) is 0.429. The second-order valence-corrected chi connectivity index (χ2v) is 4.64. The van der Waals surface area contributed by atoms with Crippen LogP contribution >= 0.6 is 0 Å². The summed E-state index contributed by atoms with van der Waals surface area (Å²) in [6.45, 7) is 5.77. The molecule has 0 spiro atoms. The molecule has 5 nitrogen and oxygen atoms in total. The third-order valence-electron chi connectivity index (χ3n) is 2.84. The number of nitrogens with one attached hydrogen (secondary N) is 2. The number of aliphatic carboxylic acids is 1. The van der Waals surface area contributed by atoms with Gasteiger partial charge in [0.25, 0.3) is 0 Å². The summed E-state index contributed by atoms with van der Waals surface area (Å²) in [5, 5.41) is 14.0. The molecule has 1 atom stereocenters. The van der Waals surface area contributed by atoms with E-state index in [0.717, 1.165) is 5.56 Å². The van der Waals surface area contributed by atoms with E-state index in [-0.39, 0.29) is 5.92 Å². The highest BCUT2D eigenvalue weighted by Crippen LogP contribution is 2.23. The summed E-state index contributed by atoms with van der Waals surface area (Å²) in [4.78, 5) is 22.6. The van der Waals surface area contributed by atoms with Gasteiger partial charge in [0.15, 0.2) is 0 Å². The van der Waals surface area contributed by atoms with Crippen LogP contribution in [0.4, 0.5) is 10.5 Å². The number of hydrogen-bond donors (Lipinski definition) is 3. The number of rotatable bonds is 5. The lowest BCUT2D eigenvalue weighted by atomic mass is 10.0. The summed E-state index contributed by atoms with van der Waals surface area (Å²) in [6, 6.07) is 6.11. The van der Waals surface area contributed by atoms with Crippen LogP contribution in [0.15, 0.2) is 24.3 Å². The van der Waals surface area contributed by atoms with Gasteiger partial charge in [-0.05, 0) is 24.0 Å². The van der Waals surface area contributed by atoms with Crippen LogP contribution in [-0.2, 0) is 4.79 Å². The van der Waals surface area contributed by atoms with Crippen molar-refractivity contribution in [3.05, 3.63) is 29.8 Å². The molecular weight excluding hydrogens is 244 g/mol. The fourth-order valence-corrected chi connectivity index (χ4v) is 1.77. The molecule has 0 unspecified atom stereocenters. The Morgan fingerprint density at radius 3 is 2.42 bits per heavy atom. The monoisotopic (exact) mass is 264 g/mol. The van der Waals surface area contributed by atoms with E-state index in [1.54, 1.807) is 13.0 Å². The maximum Gasteiger partial charge on any atom is 0.326 e. The smallest absolute Gasteiger partial charge is 0.326 e. The zero-order valence-electron chi connectivity index (χ0n) is 11.4. The SMILES string of the molecule is CC[C@@H](NC(=O)Nc1ccccc1C(C)C)C(=O)O. The van der Waals surface area contributed by atoms with E-state index >= 15 is 0 Å². The Hall–Kier alpha value is -2.04. The van der Waals surface area contributed by atoms with Crippen molar-refractivity contribution in [2.24, 2.45) is 0 Å². The molecule has 19 heavy (non-hydrogen) atoms. The molecular formula is C14H20N2O3. The number of urea groups is 1. The van der Waals surface area contributed by atoms with Crippen LogP contribution in [0.2, 0.25) is 0 Å². The van der Waals surface area contributed by atoms with Gasteiger partial charge in [0.1, 0.15) is 6.04 Å². The van der Waals surface area contributed by atoms with Crippen molar-refractivity contribution in [1.82, 2.24) is 5.32 Å². The van der Waals surface area contributed by atoms with Crippen LogP contribution in [0.3, 0.4) is 0 Å². The summed E-state index contributed by atoms with van der Waals surface area (Å²) < 4.78 is 0. The van der Waals surface area contributed by atoms with E-state index in [0.29, 0.717) is 12.1 Å². The zero-order chi connectivity index (χ0) is 14.4. The van der Waals surface area contributed by atoms with E-state index in [1.165, 1.54) is 0 Å². The molecule has 5 heteroatoms. The molecule has 3 N–H and O–H groups in total. The summed E-state index contributed by atoms with van der Waals surface area (Å²) in [5.74, 6) is -0.757. The first-order valence-electron chi connectivity index (χ1n) is 6.35. The van der Waals surface area contributed by atoms with Crippen molar-refractivity contribution < 1.29 is 14.7 Å². The van der Waals surface area contributed by atoms with E-state index in [2.05, 4.69) is 10.6 Å². The van der Waals surface area contributed by atoms with Gasteiger partial charge in [0.05, 0.1) is 0 Å². The number of benzene rings is 1. The summed E-state index contributed by atoms with van der Waals surface area (Å²) in [6.07, 6.45) is 0.342. The highest BCUT2D eigenvalue weighted by atomic mass is 16.4. The van der Waals surface area contributed by atoms with Gasteiger partial charge >= 0.3 is 12.0 Å². The van der Waals surface area contributed by atoms with Crippen LogP contribution < -0.4 is 10.6 Å². The summed E-state index contributed by atoms with van der Waals surface area (Å²) >= 11 is 0. The number of amides is 2. The minimum atomic E-state index is -1.03. The average Bonchev–Trinajstić information content (AvgIpc) is 2.35. The Labute approximate surface area is 113 Å². The maximum atomic E-state index is 11.8. The first-order valence-corrected chi connectivity index (χ1v) is 6.35. The lowest BCUT2D eigenvalue weighted by molar-refractivity contribution is -0.139. The molecule has 0 aliphatic carbocycles. The molecule has 2 amide bonds.